The molecule has 0 saturated carbocycles. The lowest BCUT2D eigenvalue weighted by atomic mass is 10.1. The Bertz CT molecular complexity index is 608. The first-order valence-corrected chi connectivity index (χ1v) is 10.8. The summed E-state index contributed by atoms with van der Waals surface area (Å²) in [5.41, 5.74) is 2.68. The maximum atomic E-state index is 4.89. The van der Waals surface area contributed by atoms with Crippen molar-refractivity contribution in [1.29, 1.82) is 0 Å². The van der Waals surface area contributed by atoms with E-state index in [4.69, 9.17) is 4.99 Å². The van der Waals surface area contributed by atoms with Gasteiger partial charge in [-0.3, -0.25) is 4.99 Å². The number of nitrogens with zero attached hydrogens (tertiary/aromatic N) is 3. The van der Waals surface area contributed by atoms with Gasteiger partial charge < -0.3 is 20.4 Å². The molecule has 2 saturated heterocycles. The van der Waals surface area contributed by atoms with E-state index in [-0.39, 0.29) is 6.04 Å². The Morgan fingerprint density at radius 2 is 2.04 bits per heavy atom. The number of hydrogen-bond donors (Lipinski definition) is 2. The minimum absolute atomic E-state index is 0.237. The molecule has 27 heavy (non-hydrogen) atoms. The van der Waals surface area contributed by atoms with E-state index in [9.17, 15) is 0 Å². The average Bonchev–Trinajstić information content (AvgIpc) is 3.38. The molecular formula is C22H37N5. The highest BCUT2D eigenvalue weighted by Crippen LogP contribution is 2.24. The second-order valence-corrected chi connectivity index (χ2v) is 7.92. The van der Waals surface area contributed by atoms with Crippen LogP contribution in [0.15, 0.2) is 29.3 Å². The van der Waals surface area contributed by atoms with E-state index in [1.54, 1.807) is 0 Å². The van der Waals surface area contributed by atoms with Crippen molar-refractivity contribution < 1.29 is 0 Å². The van der Waals surface area contributed by atoms with E-state index in [2.05, 4.69) is 65.5 Å². The van der Waals surface area contributed by atoms with Crippen LogP contribution in [0.5, 0.6) is 0 Å². The normalized spacial score (nSPS) is 22.3. The summed E-state index contributed by atoms with van der Waals surface area (Å²) in [7, 11) is 0. The molecular weight excluding hydrogens is 334 g/mol. The van der Waals surface area contributed by atoms with Crippen molar-refractivity contribution in [2.45, 2.75) is 46.1 Å². The first-order chi connectivity index (χ1) is 13.2. The summed E-state index contributed by atoms with van der Waals surface area (Å²) in [6, 6.07) is 9.21. The first-order valence-electron chi connectivity index (χ1n) is 10.8. The predicted molar refractivity (Wildman–Crippen MR) is 116 cm³/mol. The van der Waals surface area contributed by atoms with Crippen molar-refractivity contribution in [3.63, 3.8) is 0 Å². The third-order valence-corrected chi connectivity index (χ3v) is 5.86. The zero-order chi connectivity index (χ0) is 19.1. The smallest absolute Gasteiger partial charge is 0.191 e. The Morgan fingerprint density at radius 1 is 1.22 bits per heavy atom. The number of anilines is 1. The van der Waals surface area contributed by atoms with Gasteiger partial charge >= 0.3 is 0 Å². The molecule has 2 aliphatic heterocycles. The van der Waals surface area contributed by atoms with Crippen LogP contribution in [0, 0.1) is 5.92 Å². The number of benzene rings is 1. The van der Waals surface area contributed by atoms with Gasteiger partial charge in [0.2, 0.25) is 0 Å². The van der Waals surface area contributed by atoms with Crippen LogP contribution in [-0.4, -0.2) is 56.7 Å². The molecule has 0 amide bonds. The van der Waals surface area contributed by atoms with Gasteiger partial charge in [0, 0.05) is 38.4 Å². The fourth-order valence-electron chi connectivity index (χ4n) is 4.14. The Balaban J connectivity index is 1.60. The summed E-state index contributed by atoms with van der Waals surface area (Å²) in [6.45, 7) is 14.3. The Hall–Kier alpha value is -1.75. The minimum atomic E-state index is 0.237. The molecule has 3 rings (SSSR count). The lowest BCUT2D eigenvalue weighted by molar-refractivity contribution is 0.343. The first kappa shape index (κ1) is 20.0. The lowest BCUT2D eigenvalue weighted by Gasteiger charge is -2.22. The van der Waals surface area contributed by atoms with Crippen LogP contribution in [-0.2, 0) is 0 Å². The van der Waals surface area contributed by atoms with Gasteiger partial charge in [0.05, 0.1) is 6.04 Å². The highest BCUT2D eigenvalue weighted by atomic mass is 15.2. The number of rotatable bonds is 7. The Morgan fingerprint density at radius 3 is 2.74 bits per heavy atom. The van der Waals surface area contributed by atoms with Crippen LogP contribution in [0.1, 0.15) is 51.6 Å². The summed E-state index contributed by atoms with van der Waals surface area (Å²) >= 11 is 0. The predicted octanol–water partition coefficient (Wildman–Crippen LogP) is 3.24. The van der Waals surface area contributed by atoms with Gasteiger partial charge in [-0.25, -0.2) is 0 Å². The van der Waals surface area contributed by atoms with Gasteiger partial charge in [-0.2, -0.15) is 0 Å². The molecule has 2 N–H and O–H groups in total. The van der Waals surface area contributed by atoms with Gasteiger partial charge in [-0.1, -0.05) is 19.1 Å². The number of aliphatic imine (C=N–C) groups is 1. The molecule has 0 aliphatic carbocycles. The average molecular weight is 372 g/mol. The van der Waals surface area contributed by atoms with Gasteiger partial charge in [0.25, 0.3) is 0 Å². The van der Waals surface area contributed by atoms with Crippen LogP contribution >= 0.6 is 0 Å². The Labute approximate surface area is 165 Å². The molecule has 0 aromatic heterocycles. The van der Waals surface area contributed by atoms with E-state index in [0.717, 1.165) is 25.6 Å². The van der Waals surface area contributed by atoms with Crippen molar-refractivity contribution >= 4 is 11.6 Å². The SMILES string of the molecule is CCNC(=NCC1CCN(CC)C1)NC(C)c1cccc(N2CCCC2)c1. The standard InChI is InChI=1S/C22H37N5/c1-4-23-22(24-16-19-11-14-26(5-2)17-19)25-18(3)20-9-8-10-21(15-20)27-12-6-7-13-27/h8-10,15,18-19H,4-7,11-14,16-17H2,1-3H3,(H2,23,24,25). The second kappa shape index (κ2) is 9.98. The van der Waals surface area contributed by atoms with Crippen LogP contribution in [0.25, 0.3) is 0 Å². The Kier molecular flexibility index (Phi) is 7.39. The van der Waals surface area contributed by atoms with Gasteiger partial charge in [0.1, 0.15) is 0 Å². The van der Waals surface area contributed by atoms with Gasteiger partial charge in [-0.15, -0.1) is 0 Å². The summed E-state index contributed by atoms with van der Waals surface area (Å²) < 4.78 is 0. The number of guanidine groups is 1. The molecule has 0 radical (unpaired) electrons. The van der Waals surface area contributed by atoms with E-state index < -0.39 is 0 Å². The highest BCUT2D eigenvalue weighted by Gasteiger charge is 2.21. The molecule has 1 aromatic carbocycles. The number of nitrogens with one attached hydrogen (secondary N) is 2. The van der Waals surface area contributed by atoms with E-state index in [1.165, 1.54) is 56.7 Å². The largest absolute Gasteiger partial charge is 0.372 e. The molecule has 1 aromatic rings. The third kappa shape index (κ3) is 5.61. The minimum Gasteiger partial charge on any atom is -0.372 e. The highest BCUT2D eigenvalue weighted by molar-refractivity contribution is 5.80. The third-order valence-electron chi connectivity index (χ3n) is 5.86. The number of likely N-dealkylation sites (tertiary alicyclic amines) is 1. The maximum absolute atomic E-state index is 4.89. The second-order valence-electron chi connectivity index (χ2n) is 7.92. The molecule has 2 aliphatic rings. The van der Waals surface area contributed by atoms with Crippen LogP contribution < -0.4 is 15.5 Å². The zero-order valence-corrected chi connectivity index (χ0v) is 17.4. The van der Waals surface area contributed by atoms with Crippen LogP contribution in [0.4, 0.5) is 5.69 Å². The molecule has 2 heterocycles. The van der Waals surface area contributed by atoms with Crippen molar-refractivity contribution in [2.75, 3.05) is 50.7 Å². The topological polar surface area (TPSA) is 42.9 Å². The van der Waals surface area contributed by atoms with Crippen molar-refractivity contribution in [3.05, 3.63) is 29.8 Å². The molecule has 0 spiro atoms. The molecule has 2 atom stereocenters. The molecule has 5 heteroatoms. The van der Waals surface area contributed by atoms with Crippen molar-refractivity contribution in [3.8, 4) is 0 Å². The summed E-state index contributed by atoms with van der Waals surface area (Å²) in [5, 5.41) is 7.02. The number of hydrogen-bond acceptors (Lipinski definition) is 3. The molecule has 150 valence electrons. The monoisotopic (exact) mass is 371 g/mol. The summed E-state index contributed by atoms with van der Waals surface area (Å²) in [6.07, 6.45) is 3.89. The fraction of sp³-hybridized carbons (Fsp3) is 0.682. The zero-order valence-electron chi connectivity index (χ0n) is 17.4. The van der Waals surface area contributed by atoms with Crippen LogP contribution in [0.2, 0.25) is 0 Å². The maximum Gasteiger partial charge on any atom is 0.191 e. The summed E-state index contributed by atoms with van der Waals surface area (Å²) in [5.74, 6) is 1.63. The van der Waals surface area contributed by atoms with Crippen molar-refractivity contribution in [2.24, 2.45) is 10.9 Å². The van der Waals surface area contributed by atoms with Gasteiger partial charge in [-0.05, 0) is 69.8 Å². The molecule has 5 nitrogen and oxygen atoms in total. The van der Waals surface area contributed by atoms with Crippen LogP contribution in [0.3, 0.4) is 0 Å². The summed E-state index contributed by atoms with van der Waals surface area (Å²) in [4.78, 5) is 9.90. The lowest BCUT2D eigenvalue weighted by Crippen LogP contribution is -2.39. The molecule has 2 fully saturated rings. The van der Waals surface area contributed by atoms with Gasteiger partial charge in [0.15, 0.2) is 5.96 Å². The molecule has 2 unspecified atom stereocenters. The quantitative estimate of drug-likeness (QED) is 0.570. The fourth-order valence-corrected chi connectivity index (χ4v) is 4.14. The van der Waals surface area contributed by atoms with E-state index in [1.807, 2.05) is 0 Å². The molecule has 0 bridgehead atoms. The van der Waals surface area contributed by atoms with Crippen molar-refractivity contribution in [1.82, 2.24) is 15.5 Å². The van der Waals surface area contributed by atoms with E-state index >= 15 is 0 Å². The van der Waals surface area contributed by atoms with E-state index in [0.29, 0.717) is 5.92 Å².